The number of rotatable bonds is 53. The van der Waals surface area contributed by atoms with Gasteiger partial charge in [-0.05, 0) is 31.1 Å². The van der Waals surface area contributed by atoms with Gasteiger partial charge in [0.1, 0.15) is 13.2 Å². The lowest BCUT2D eigenvalue weighted by atomic mass is 10.0. The predicted molar refractivity (Wildman–Crippen MR) is 280 cm³/mol. The van der Waals surface area contributed by atoms with Gasteiger partial charge < -0.3 is 14.2 Å². The van der Waals surface area contributed by atoms with Crippen molar-refractivity contribution < 1.29 is 28.6 Å². The second-order valence-electron chi connectivity index (χ2n) is 21.2. The van der Waals surface area contributed by atoms with Crippen molar-refractivity contribution in [1.29, 1.82) is 0 Å². The molecule has 0 heterocycles. The Morgan fingerprint density at radius 3 is 0.754 bits per heavy atom. The zero-order valence-corrected chi connectivity index (χ0v) is 44.6. The summed E-state index contributed by atoms with van der Waals surface area (Å²) >= 11 is 0. The molecule has 0 aliphatic heterocycles. The van der Waals surface area contributed by atoms with Crippen LogP contribution in [0.2, 0.25) is 0 Å². The molecule has 0 fully saturated rings. The lowest BCUT2D eigenvalue weighted by Gasteiger charge is -2.18. The first kappa shape index (κ1) is 63.4. The zero-order valence-electron chi connectivity index (χ0n) is 44.6. The van der Waals surface area contributed by atoms with Crippen LogP contribution in [0.4, 0.5) is 0 Å². The Morgan fingerprint density at radius 1 is 0.292 bits per heavy atom. The average molecular weight is 920 g/mol. The van der Waals surface area contributed by atoms with Gasteiger partial charge in [-0.3, -0.25) is 14.4 Å². The standard InChI is InChI=1S/C59H114O6/c1-6-7-8-9-10-11-12-17-24-29-34-39-44-49-57(60)63-52-56(65-59(62)51-46-41-36-31-26-21-20-23-28-33-38-43-48-55(4)5)53-64-58(61)50-45-40-35-30-25-19-16-14-13-15-18-22-27-32-37-42-47-54(2)3/h54-56H,6-53H2,1-5H3/t56-/m1/s1. The summed E-state index contributed by atoms with van der Waals surface area (Å²) in [5.41, 5.74) is 0. The molecular weight excluding hydrogens is 805 g/mol. The van der Waals surface area contributed by atoms with Gasteiger partial charge >= 0.3 is 17.9 Å². The van der Waals surface area contributed by atoms with Gasteiger partial charge in [-0.1, -0.05) is 291 Å². The molecule has 6 heteroatoms. The average Bonchev–Trinajstić information content (AvgIpc) is 3.28. The van der Waals surface area contributed by atoms with E-state index >= 15 is 0 Å². The maximum Gasteiger partial charge on any atom is 0.306 e. The molecule has 6 nitrogen and oxygen atoms in total. The van der Waals surface area contributed by atoms with Gasteiger partial charge in [-0.25, -0.2) is 0 Å². The van der Waals surface area contributed by atoms with Crippen molar-refractivity contribution in [2.45, 2.75) is 336 Å². The lowest BCUT2D eigenvalue weighted by molar-refractivity contribution is -0.167. The zero-order chi connectivity index (χ0) is 47.5. The molecule has 0 saturated heterocycles. The van der Waals surface area contributed by atoms with Crippen molar-refractivity contribution in [3.63, 3.8) is 0 Å². The highest BCUT2D eigenvalue weighted by atomic mass is 16.6. The van der Waals surface area contributed by atoms with Gasteiger partial charge in [0.2, 0.25) is 0 Å². The van der Waals surface area contributed by atoms with Crippen molar-refractivity contribution in [1.82, 2.24) is 0 Å². The van der Waals surface area contributed by atoms with Crippen molar-refractivity contribution in [2.24, 2.45) is 11.8 Å². The van der Waals surface area contributed by atoms with Crippen LogP contribution in [0.3, 0.4) is 0 Å². The molecule has 0 bridgehead atoms. The Hall–Kier alpha value is -1.59. The van der Waals surface area contributed by atoms with E-state index in [1.54, 1.807) is 0 Å². The number of hydrogen-bond donors (Lipinski definition) is 0. The van der Waals surface area contributed by atoms with Gasteiger partial charge in [-0.2, -0.15) is 0 Å². The van der Waals surface area contributed by atoms with E-state index in [9.17, 15) is 14.4 Å². The molecule has 65 heavy (non-hydrogen) atoms. The fraction of sp³-hybridized carbons (Fsp3) is 0.949. The van der Waals surface area contributed by atoms with E-state index in [1.807, 2.05) is 0 Å². The molecule has 0 saturated carbocycles. The van der Waals surface area contributed by atoms with E-state index in [4.69, 9.17) is 14.2 Å². The topological polar surface area (TPSA) is 78.9 Å². The van der Waals surface area contributed by atoms with Crippen LogP contribution in [0.25, 0.3) is 0 Å². The Bertz CT molecular complexity index is 993. The minimum atomic E-state index is -0.762. The van der Waals surface area contributed by atoms with E-state index < -0.39 is 6.10 Å². The summed E-state index contributed by atoms with van der Waals surface area (Å²) in [5.74, 6) is 0.847. The highest BCUT2D eigenvalue weighted by Crippen LogP contribution is 2.18. The normalized spacial score (nSPS) is 12.0. The molecule has 0 N–H and O–H groups in total. The van der Waals surface area contributed by atoms with Crippen LogP contribution in [0.1, 0.15) is 330 Å². The molecular formula is C59H114O6. The summed E-state index contributed by atoms with van der Waals surface area (Å²) in [6.45, 7) is 11.4. The first-order chi connectivity index (χ1) is 31.7. The lowest BCUT2D eigenvalue weighted by Crippen LogP contribution is -2.30. The molecule has 0 aromatic carbocycles. The predicted octanol–water partition coefficient (Wildman–Crippen LogP) is 19.3. The monoisotopic (exact) mass is 919 g/mol. The fourth-order valence-electron chi connectivity index (χ4n) is 9.05. The fourth-order valence-corrected chi connectivity index (χ4v) is 9.05. The molecule has 0 aromatic rings. The van der Waals surface area contributed by atoms with Crippen molar-refractivity contribution in [3.8, 4) is 0 Å². The third kappa shape index (κ3) is 53.2. The summed E-state index contributed by atoms with van der Waals surface area (Å²) < 4.78 is 16.9. The van der Waals surface area contributed by atoms with Crippen LogP contribution < -0.4 is 0 Å². The van der Waals surface area contributed by atoms with E-state index in [0.717, 1.165) is 69.6 Å². The minimum absolute atomic E-state index is 0.0625. The summed E-state index contributed by atoms with van der Waals surface area (Å²) in [6.07, 6.45) is 55.2. The minimum Gasteiger partial charge on any atom is -0.462 e. The van der Waals surface area contributed by atoms with Gasteiger partial charge in [0.25, 0.3) is 0 Å². The van der Waals surface area contributed by atoms with E-state index in [-0.39, 0.29) is 31.1 Å². The number of esters is 3. The molecule has 0 radical (unpaired) electrons. The van der Waals surface area contributed by atoms with E-state index in [2.05, 4.69) is 34.6 Å². The van der Waals surface area contributed by atoms with Crippen molar-refractivity contribution in [3.05, 3.63) is 0 Å². The van der Waals surface area contributed by atoms with Crippen molar-refractivity contribution >= 4 is 17.9 Å². The third-order valence-corrected chi connectivity index (χ3v) is 13.5. The quantitative estimate of drug-likeness (QED) is 0.0344. The van der Waals surface area contributed by atoms with Crippen LogP contribution in [0.5, 0.6) is 0 Å². The van der Waals surface area contributed by atoms with Crippen LogP contribution in [-0.4, -0.2) is 37.2 Å². The van der Waals surface area contributed by atoms with Crippen LogP contribution in [0, 0.1) is 11.8 Å². The van der Waals surface area contributed by atoms with Gasteiger partial charge in [0.05, 0.1) is 0 Å². The molecule has 0 aliphatic rings. The van der Waals surface area contributed by atoms with E-state index in [0.29, 0.717) is 19.3 Å². The highest BCUT2D eigenvalue weighted by Gasteiger charge is 2.19. The van der Waals surface area contributed by atoms with Gasteiger partial charge in [0.15, 0.2) is 6.10 Å². The first-order valence-electron chi connectivity index (χ1n) is 29.2. The molecule has 0 unspecified atom stereocenters. The number of carbonyl (C=O) groups excluding carboxylic acids is 3. The van der Waals surface area contributed by atoms with Crippen LogP contribution >= 0.6 is 0 Å². The summed E-state index contributed by atoms with van der Waals surface area (Å²) in [4.78, 5) is 38.1. The molecule has 0 aliphatic carbocycles. The third-order valence-electron chi connectivity index (χ3n) is 13.5. The largest absolute Gasteiger partial charge is 0.462 e. The molecule has 386 valence electrons. The van der Waals surface area contributed by atoms with Gasteiger partial charge in [0, 0.05) is 19.3 Å². The highest BCUT2D eigenvalue weighted by molar-refractivity contribution is 5.71. The van der Waals surface area contributed by atoms with Crippen LogP contribution in [0.15, 0.2) is 0 Å². The number of unbranched alkanes of at least 4 members (excludes halogenated alkanes) is 38. The molecule has 0 amide bonds. The Balaban J connectivity index is 4.27. The van der Waals surface area contributed by atoms with E-state index in [1.165, 1.54) is 218 Å². The Morgan fingerprint density at radius 2 is 0.508 bits per heavy atom. The summed E-state index contributed by atoms with van der Waals surface area (Å²) in [6, 6.07) is 0. The SMILES string of the molecule is CCCCCCCCCCCCCCCC(=O)OC[C@H](COC(=O)CCCCCCCCCCCCCCCCCCC(C)C)OC(=O)CCCCCCCCCCCCCCC(C)C. The van der Waals surface area contributed by atoms with Crippen molar-refractivity contribution in [2.75, 3.05) is 13.2 Å². The second kappa shape index (κ2) is 51.8. The Kier molecular flexibility index (Phi) is 50.5. The number of ether oxygens (including phenoxy) is 3. The molecule has 0 rings (SSSR count). The smallest absolute Gasteiger partial charge is 0.306 e. The molecule has 0 spiro atoms. The summed E-state index contributed by atoms with van der Waals surface area (Å²) in [5, 5.41) is 0. The molecule has 0 aromatic heterocycles. The maximum absolute atomic E-state index is 12.8. The molecule has 1 atom stereocenters. The second-order valence-corrected chi connectivity index (χ2v) is 21.2. The maximum atomic E-state index is 12.8. The first-order valence-corrected chi connectivity index (χ1v) is 29.2. The van der Waals surface area contributed by atoms with Crippen LogP contribution in [-0.2, 0) is 28.6 Å². The summed E-state index contributed by atoms with van der Waals surface area (Å²) in [7, 11) is 0. The Labute approximate surface area is 406 Å². The number of hydrogen-bond acceptors (Lipinski definition) is 6. The number of carbonyl (C=O) groups is 3. The van der Waals surface area contributed by atoms with Gasteiger partial charge in [-0.15, -0.1) is 0 Å².